The Hall–Kier alpha value is -3.85. The predicted octanol–water partition coefficient (Wildman–Crippen LogP) is 3.81. The quantitative estimate of drug-likeness (QED) is 0.418. The van der Waals surface area contributed by atoms with E-state index >= 15 is 0 Å². The molecule has 0 spiro atoms. The maximum absolute atomic E-state index is 12.9. The van der Waals surface area contributed by atoms with E-state index in [2.05, 4.69) is 10.4 Å². The first kappa shape index (κ1) is 25.2. The summed E-state index contributed by atoms with van der Waals surface area (Å²) in [7, 11) is 1.58. The van der Waals surface area contributed by atoms with Crippen molar-refractivity contribution in [1.82, 2.24) is 15.1 Å². The van der Waals surface area contributed by atoms with E-state index in [1.54, 1.807) is 7.11 Å². The fourth-order valence-electron chi connectivity index (χ4n) is 4.28. The van der Waals surface area contributed by atoms with Crippen LogP contribution in [0.2, 0.25) is 0 Å². The topological polar surface area (TPSA) is 112 Å². The number of aromatic nitrogens is 2. The number of amides is 1. The van der Waals surface area contributed by atoms with Crippen molar-refractivity contribution in [3.8, 4) is 11.6 Å². The Morgan fingerprint density at radius 2 is 1.81 bits per heavy atom. The second kappa shape index (κ2) is 12.2. The van der Waals surface area contributed by atoms with Crippen molar-refractivity contribution in [3.63, 3.8) is 0 Å². The van der Waals surface area contributed by atoms with Crippen LogP contribution < -0.4 is 14.8 Å². The van der Waals surface area contributed by atoms with Crippen LogP contribution in [0.1, 0.15) is 47.3 Å². The number of hydrogen-bond donors (Lipinski definition) is 2. The molecule has 1 heterocycles. The third-order valence-electron chi connectivity index (χ3n) is 6.13. The van der Waals surface area contributed by atoms with E-state index in [9.17, 15) is 14.7 Å². The summed E-state index contributed by atoms with van der Waals surface area (Å²) in [6.45, 7) is 0.492. The van der Waals surface area contributed by atoms with Gasteiger partial charge >= 0.3 is 5.97 Å². The Bertz CT molecular complexity index is 1160. The summed E-state index contributed by atoms with van der Waals surface area (Å²) in [6.07, 6.45) is 3.67. The number of aromatic carboxylic acids is 1. The van der Waals surface area contributed by atoms with Gasteiger partial charge in [-0.15, -0.1) is 0 Å². The van der Waals surface area contributed by atoms with Crippen LogP contribution in [0.4, 0.5) is 0 Å². The van der Waals surface area contributed by atoms with Crippen LogP contribution >= 0.6 is 0 Å². The van der Waals surface area contributed by atoms with Crippen molar-refractivity contribution in [2.75, 3.05) is 7.11 Å². The molecule has 2 unspecified atom stereocenters. The molecule has 0 aliphatic heterocycles. The Kier molecular flexibility index (Phi) is 8.57. The number of carboxylic acid groups (broad SMARTS) is 1. The maximum atomic E-state index is 12.9. The molecule has 1 amide bonds. The molecule has 1 aliphatic carbocycles. The average Bonchev–Trinajstić information content (AvgIpc) is 3.30. The zero-order valence-corrected chi connectivity index (χ0v) is 20.3. The summed E-state index contributed by atoms with van der Waals surface area (Å²) in [4.78, 5) is 24.4. The van der Waals surface area contributed by atoms with Crippen molar-refractivity contribution >= 4 is 11.9 Å². The number of ether oxygens (including phenoxy) is 3. The number of carboxylic acids is 1. The summed E-state index contributed by atoms with van der Waals surface area (Å²) in [5.41, 5.74) is 1.73. The molecule has 2 atom stereocenters. The van der Waals surface area contributed by atoms with Crippen molar-refractivity contribution in [2.24, 2.45) is 0 Å². The number of methoxy groups -OCH3 is 1. The number of benzene rings is 2. The second-order valence-electron chi connectivity index (χ2n) is 8.76. The van der Waals surface area contributed by atoms with Gasteiger partial charge in [0.05, 0.1) is 25.9 Å². The number of nitrogens with zero attached hydrogens (tertiary/aromatic N) is 2. The predicted molar refractivity (Wildman–Crippen MR) is 132 cm³/mol. The van der Waals surface area contributed by atoms with Gasteiger partial charge in [0.25, 0.3) is 0 Å². The molecular formula is C27H31N3O6. The number of carbonyl (C=O) groups excluding carboxylic acids is 1. The van der Waals surface area contributed by atoms with E-state index in [1.807, 2.05) is 54.6 Å². The monoisotopic (exact) mass is 493 g/mol. The lowest BCUT2D eigenvalue weighted by Gasteiger charge is -2.32. The Morgan fingerprint density at radius 3 is 2.58 bits per heavy atom. The van der Waals surface area contributed by atoms with Crippen molar-refractivity contribution in [1.29, 1.82) is 0 Å². The van der Waals surface area contributed by atoms with Crippen LogP contribution in [0.3, 0.4) is 0 Å². The van der Waals surface area contributed by atoms with Gasteiger partial charge in [-0.05, 0) is 36.1 Å². The molecule has 9 nitrogen and oxygen atoms in total. The van der Waals surface area contributed by atoms with Gasteiger partial charge in [-0.2, -0.15) is 5.10 Å². The fraction of sp³-hybridized carbons (Fsp3) is 0.370. The van der Waals surface area contributed by atoms with E-state index < -0.39 is 5.97 Å². The molecule has 36 heavy (non-hydrogen) atoms. The number of carbonyl (C=O) groups is 2. The summed E-state index contributed by atoms with van der Waals surface area (Å²) < 4.78 is 18.5. The molecule has 190 valence electrons. The van der Waals surface area contributed by atoms with Crippen LogP contribution in [0.5, 0.6) is 11.6 Å². The molecule has 3 aromatic rings. The van der Waals surface area contributed by atoms with E-state index in [0.29, 0.717) is 12.4 Å². The first-order valence-corrected chi connectivity index (χ1v) is 12.0. The number of nitrogens with one attached hydrogen (secondary N) is 1. The SMILES string of the molecule is COc1cccc(COc2cc(C(=O)O)nn2CC(=O)NC2CCCCC2OCc2ccccc2)c1. The highest BCUT2D eigenvalue weighted by molar-refractivity contribution is 5.85. The fourth-order valence-corrected chi connectivity index (χ4v) is 4.28. The van der Waals surface area contributed by atoms with Gasteiger partial charge < -0.3 is 24.6 Å². The van der Waals surface area contributed by atoms with E-state index in [-0.39, 0.29) is 42.8 Å². The molecule has 1 aromatic heterocycles. The molecule has 4 rings (SSSR count). The lowest BCUT2D eigenvalue weighted by molar-refractivity contribution is -0.124. The van der Waals surface area contributed by atoms with Crippen molar-refractivity contribution in [2.45, 2.75) is 57.6 Å². The maximum Gasteiger partial charge on any atom is 0.356 e. The van der Waals surface area contributed by atoms with Crippen molar-refractivity contribution in [3.05, 3.63) is 77.5 Å². The van der Waals surface area contributed by atoms with Crippen LogP contribution in [0.15, 0.2) is 60.7 Å². The van der Waals surface area contributed by atoms with Gasteiger partial charge in [-0.1, -0.05) is 55.3 Å². The molecular weight excluding hydrogens is 462 g/mol. The first-order valence-electron chi connectivity index (χ1n) is 12.0. The summed E-state index contributed by atoms with van der Waals surface area (Å²) in [6, 6.07) is 18.5. The van der Waals surface area contributed by atoms with Crippen LogP contribution in [-0.4, -0.2) is 46.0 Å². The molecule has 1 aliphatic rings. The highest BCUT2D eigenvalue weighted by Gasteiger charge is 2.28. The largest absolute Gasteiger partial charge is 0.497 e. The smallest absolute Gasteiger partial charge is 0.356 e. The molecule has 1 saturated carbocycles. The summed E-state index contributed by atoms with van der Waals surface area (Å²) in [5.74, 6) is -0.582. The molecule has 1 fully saturated rings. The minimum atomic E-state index is -1.19. The highest BCUT2D eigenvalue weighted by Crippen LogP contribution is 2.23. The number of rotatable bonds is 11. The standard InChI is InChI=1S/C27H31N3O6/c1-34-21-11-7-10-20(14-21)18-36-26-15-23(27(32)33)29-30(26)16-25(31)28-22-12-5-6-13-24(22)35-17-19-8-3-2-4-9-19/h2-4,7-11,14-15,22,24H,5-6,12-13,16-18H2,1H3,(H,28,31)(H,32,33). The van der Waals surface area contributed by atoms with Gasteiger partial charge in [0, 0.05) is 6.07 Å². The zero-order chi connectivity index (χ0) is 25.3. The zero-order valence-electron chi connectivity index (χ0n) is 20.3. The minimum Gasteiger partial charge on any atom is -0.497 e. The van der Waals surface area contributed by atoms with Crippen LogP contribution in [0.25, 0.3) is 0 Å². The molecule has 9 heteroatoms. The van der Waals surface area contributed by atoms with Crippen LogP contribution in [-0.2, 0) is 29.3 Å². The first-order chi connectivity index (χ1) is 17.5. The molecule has 2 aromatic carbocycles. The minimum absolute atomic E-state index is 0.0844. The third kappa shape index (κ3) is 6.85. The van der Waals surface area contributed by atoms with E-state index in [1.165, 1.54) is 10.7 Å². The highest BCUT2D eigenvalue weighted by atomic mass is 16.5. The molecule has 0 bridgehead atoms. The third-order valence-corrected chi connectivity index (χ3v) is 6.13. The molecule has 0 saturated heterocycles. The normalized spacial score (nSPS) is 17.4. The lowest BCUT2D eigenvalue weighted by atomic mass is 9.92. The summed E-state index contributed by atoms with van der Waals surface area (Å²) >= 11 is 0. The van der Waals surface area contributed by atoms with Gasteiger partial charge in [-0.3, -0.25) is 4.79 Å². The lowest BCUT2D eigenvalue weighted by Crippen LogP contribution is -2.47. The Morgan fingerprint density at radius 1 is 1.03 bits per heavy atom. The van der Waals surface area contributed by atoms with E-state index in [0.717, 1.165) is 36.8 Å². The van der Waals surface area contributed by atoms with Gasteiger partial charge in [0.15, 0.2) is 5.69 Å². The summed E-state index contributed by atoms with van der Waals surface area (Å²) in [5, 5.41) is 16.5. The van der Waals surface area contributed by atoms with Gasteiger partial charge in [-0.25, -0.2) is 9.48 Å². The molecule has 0 radical (unpaired) electrons. The number of hydrogen-bond acceptors (Lipinski definition) is 6. The average molecular weight is 494 g/mol. The van der Waals surface area contributed by atoms with Gasteiger partial charge in [0.1, 0.15) is 18.9 Å². The van der Waals surface area contributed by atoms with E-state index in [4.69, 9.17) is 14.2 Å². The molecule has 2 N–H and O–H groups in total. The van der Waals surface area contributed by atoms with Gasteiger partial charge in [0.2, 0.25) is 11.8 Å². The Balaban J connectivity index is 1.39. The van der Waals surface area contributed by atoms with Crippen LogP contribution in [0, 0.1) is 0 Å². The second-order valence-corrected chi connectivity index (χ2v) is 8.76. The van der Waals surface area contributed by atoms with Crippen molar-refractivity contribution < 1.29 is 28.9 Å². The Labute approximate surface area is 210 Å².